The highest BCUT2D eigenvalue weighted by atomic mass is 16.5. The van der Waals surface area contributed by atoms with Crippen LogP contribution in [-0.4, -0.2) is 31.8 Å². The van der Waals surface area contributed by atoms with Crippen LogP contribution in [0.25, 0.3) is 33.5 Å². The lowest BCUT2D eigenvalue weighted by molar-refractivity contribution is 0.415. The molecular weight excluding hydrogens is 304 g/mol. The van der Waals surface area contributed by atoms with E-state index in [0.717, 1.165) is 33.5 Å². The predicted molar refractivity (Wildman–Crippen MR) is 92.5 cm³/mol. The maximum atomic E-state index is 6.07. The van der Waals surface area contributed by atoms with Crippen molar-refractivity contribution in [1.29, 1.82) is 0 Å². The molecule has 0 aliphatic carbocycles. The zero-order valence-electron chi connectivity index (χ0n) is 13.3. The van der Waals surface area contributed by atoms with Crippen molar-refractivity contribution in [3.63, 3.8) is 0 Å². The third-order valence-electron chi connectivity index (χ3n) is 3.90. The summed E-state index contributed by atoms with van der Waals surface area (Å²) in [5, 5.41) is 4.19. The maximum Gasteiger partial charge on any atom is 0.142 e. The molecular formula is C17H16N6O. The molecule has 0 radical (unpaired) electrons. The first-order valence-corrected chi connectivity index (χ1v) is 7.43. The first-order chi connectivity index (χ1) is 11.6. The van der Waals surface area contributed by atoms with Gasteiger partial charge in [0.2, 0.25) is 0 Å². The number of hydrogen-bond donors (Lipinski definition) is 2. The van der Waals surface area contributed by atoms with E-state index in [4.69, 9.17) is 10.5 Å². The number of methoxy groups -OCH3 is 1. The fraction of sp³-hybridized carbons (Fsp3) is 0.118. The van der Waals surface area contributed by atoms with Crippen LogP contribution in [0, 0.1) is 0 Å². The molecule has 0 aliphatic heterocycles. The van der Waals surface area contributed by atoms with Crippen molar-refractivity contribution < 1.29 is 4.74 Å². The van der Waals surface area contributed by atoms with Gasteiger partial charge in [0.25, 0.3) is 0 Å². The number of aromatic nitrogens is 5. The van der Waals surface area contributed by atoms with Gasteiger partial charge in [-0.05, 0) is 18.2 Å². The number of aryl methyl sites for hydroxylation is 1. The van der Waals surface area contributed by atoms with E-state index in [2.05, 4.69) is 20.1 Å². The lowest BCUT2D eigenvalue weighted by Crippen LogP contribution is -1.95. The number of H-pyrrole nitrogens is 1. The average Bonchev–Trinajstić information content (AvgIpc) is 3.20. The van der Waals surface area contributed by atoms with Gasteiger partial charge >= 0.3 is 0 Å². The van der Waals surface area contributed by atoms with Gasteiger partial charge in [0.15, 0.2) is 0 Å². The van der Waals surface area contributed by atoms with Gasteiger partial charge in [0, 0.05) is 36.6 Å². The second kappa shape index (κ2) is 5.38. The number of pyridine rings is 1. The van der Waals surface area contributed by atoms with Crippen LogP contribution in [0.3, 0.4) is 0 Å². The minimum Gasteiger partial charge on any atom is -0.497 e. The largest absolute Gasteiger partial charge is 0.497 e. The van der Waals surface area contributed by atoms with E-state index < -0.39 is 0 Å². The molecule has 0 unspecified atom stereocenters. The Hall–Kier alpha value is -3.35. The lowest BCUT2D eigenvalue weighted by atomic mass is 10.1. The second-order valence-corrected chi connectivity index (χ2v) is 5.53. The molecule has 3 N–H and O–H groups in total. The molecule has 3 heterocycles. The molecule has 0 spiro atoms. The average molecular weight is 320 g/mol. The number of anilines is 1. The van der Waals surface area contributed by atoms with Gasteiger partial charge < -0.3 is 15.5 Å². The first-order valence-electron chi connectivity index (χ1n) is 7.43. The number of nitrogens with zero attached hydrogens (tertiary/aromatic N) is 4. The van der Waals surface area contributed by atoms with Gasteiger partial charge in [-0.15, -0.1) is 0 Å². The molecule has 7 nitrogen and oxygen atoms in total. The van der Waals surface area contributed by atoms with Crippen LogP contribution < -0.4 is 10.5 Å². The zero-order valence-corrected chi connectivity index (χ0v) is 13.3. The molecule has 0 saturated heterocycles. The molecule has 3 aromatic heterocycles. The van der Waals surface area contributed by atoms with E-state index in [-0.39, 0.29) is 0 Å². The number of rotatable bonds is 3. The minimum atomic E-state index is 0.425. The number of fused-ring (bicyclic) bond motifs is 1. The molecule has 1 aromatic carbocycles. The summed E-state index contributed by atoms with van der Waals surface area (Å²) in [5.74, 6) is 1.87. The molecule has 4 aromatic rings. The van der Waals surface area contributed by atoms with Crippen LogP contribution >= 0.6 is 0 Å². The van der Waals surface area contributed by atoms with Crippen molar-refractivity contribution in [2.24, 2.45) is 7.05 Å². The summed E-state index contributed by atoms with van der Waals surface area (Å²) in [6.07, 6.45) is 5.46. The van der Waals surface area contributed by atoms with Crippen LogP contribution in [0.1, 0.15) is 0 Å². The van der Waals surface area contributed by atoms with Crippen LogP contribution in [0.5, 0.6) is 5.75 Å². The first kappa shape index (κ1) is 14.3. The SMILES string of the molecule is COc1ccc2nc(-c3cc(-c4cnn(C)c4)cnc3N)[nH]c2c1. The summed E-state index contributed by atoms with van der Waals surface area (Å²) in [4.78, 5) is 12.2. The number of ether oxygens (including phenoxy) is 1. The third-order valence-corrected chi connectivity index (χ3v) is 3.90. The summed E-state index contributed by atoms with van der Waals surface area (Å²) < 4.78 is 7.00. The third kappa shape index (κ3) is 2.36. The van der Waals surface area contributed by atoms with Gasteiger partial charge in [0.1, 0.15) is 17.4 Å². The minimum absolute atomic E-state index is 0.425. The second-order valence-electron chi connectivity index (χ2n) is 5.53. The molecule has 4 rings (SSSR count). The Morgan fingerprint density at radius 2 is 2.04 bits per heavy atom. The van der Waals surface area contributed by atoms with Crippen LogP contribution in [0.15, 0.2) is 42.9 Å². The fourth-order valence-corrected chi connectivity index (χ4v) is 2.64. The number of nitrogens with one attached hydrogen (secondary N) is 1. The van der Waals surface area contributed by atoms with E-state index in [1.54, 1.807) is 24.2 Å². The smallest absolute Gasteiger partial charge is 0.142 e. The van der Waals surface area contributed by atoms with E-state index >= 15 is 0 Å². The fourth-order valence-electron chi connectivity index (χ4n) is 2.64. The van der Waals surface area contributed by atoms with Gasteiger partial charge in [-0.3, -0.25) is 4.68 Å². The Morgan fingerprint density at radius 1 is 1.17 bits per heavy atom. The number of aromatic amines is 1. The molecule has 0 aliphatic rings. The van der Waals surface area contributed by atoms with Crippen LogP contribution in [0.4, 0.5) is 5.82 Å². The standard InChI is InChI=1S/C17H16N6O/c1-23-9-11(8-20-23)10-5-13(16(18)19-7-10)17-21-14-4-3-12(24-2)6-15(14)22-17/h3-9H,1-2H3,(H2,18,19)(H,21,22). The topological polar surface area (TPSA) is 94.6 Å². The molecule has 7 heteroatoms. The molecule has 0 saturated carbocycles. The normalized spacial score (nSPS) is 11.1. The van der Waals surface area contributed by atoms with Crippen LogP contribution in [-0.2, 0) is 7.05 Å². The summed E-state index contributed by atoms with van der Waals surface area (Å²) in [5.41, 5.74) is 10.5. The molecule has 0 atom stereocenters. The quantitative estimate of drug-likeness (QED) is 0.605. The number of nitrogens with two attached hydrogens (primary N) is 1. The number of nitrogen functional groups attached to an aromatic ring is 1. The van der Waals surface area contributed by atoms with E-state index in [1.165, 1.54) is 0 Å². The van der Waals surface area contributed by atoms with Crippen LogP contribution in [0.2, 0.25) is 0 Å². The Balaban J connectivity index is 1.83. The van der Waals surface area contributed by atoms with Gasteiger partial charge in [-0.25, -0.2) is 9.97 Å². The highest BCUT2D eigenvalue weighted by Crippen LogP contribution is 2.30. The van der Waals surface area contributed by atoms with E-state index in [0.29, 0.717) is 11.6 Å². The summed E-state index contributed by atoms with van der Waals surface area (Å²) in [6, 6.07) is 7.65. The van der Waals surface area contributed by atoms with Gasteiger partial charge in [-0.2, -0.15) is 5.10 Å². The Kier molecular flexibility index (Phi) is 3.19. The zero-order chi connectivity index (χ0) is 16.7. The number of hydrogen-bond acceptors (Lipinski definition) is 5. The summed E-state index contributed by atoms with van der Waals surface area (Å²) in [7, 11) is 3.51. The monoisotopic (exact) mass is 320 g/mol. The van der Waals surface area contributed by atoms with E-state index in [9.17, 15) is 0 Å². The molecule has 0 amide bonds. The van der Waals surface area contributed by atoms with Gasteiger partial charge in [-0.1, -0.05) is 0 Å². The van der Waals surface area contributed by atoms with Crippen molar-refractivity contribution in [3.05, 3.63) is 42.9 Å². The Morgan fingerprint density at radius 3 is 2.79 bits per heavy atom. The summed E-state index contributed by atoms with van der Waals surface area (Å²) in [6.45, 7) is 0. The van der Waals surface area contributed by atoms with Crippen molar-refractivity contribution in [2.45, 2.75) is 0 Å². The van der Waals surface area contributed by atoms with Crippen molar-refractivity contribution in [2.75, 3.05) is 12.8 Å². The van der Waals surface area contributed by atoms with Crippen molar-refractivity contribution >= 4 is 16.9 Å². The highest BCUT2D eigenvalue weighted by molar-refractivity contribution is 5.84. The summed E-state index contributed by atoms with van der Waals surface area (Å²) >= 11 is 0. The van der Waals surface area contributed by atoms with Gasteiger partial charge in [0.05, 0.1) is 29.9 Å². The number of benzene rings is 1. The lowest BCUT2D eigenvalue weighted by Gasteiger charge is -2.04. The maximum absolute atomic E-state index is 6.07. The molecule has 120 valence electrons. The highest BCUT2D eigenvalue weighted by Gasteiger charge is 2.12. The van der Waals surface area contributed by atoms with E-state index in [1.807, 2.05) is 37.5 Å². The Bertz CT molecular complexity index is 1030. The molecule has 0 fully saturated rings. The molecule has 0 bridgehead atoms. The predicted octanol–water partition coefficient (Wildman–Crippen LogP) is 2.62. The van der Waals surface area contributed by atoms with Crippen molar-refractivity contribution in [1.82, 2.24) is 24.7 Å². The molecule has 24 heavy (non-hydrogen) atoms. The number of imidazole rings is 1. The van der Waals surface area contributed by atoms with Crippen molar-refractivity contribution in [3.8, 4) is 28.3 Å². The Labute approximate surface area is 138 Å².